The molecule has 0 saturated carbocycles. The molecule has 2 N–H and O–H groups in total. The number of amides is 1. The Morgan fingerprint density at radius 2 is 1.54 bits per heavy atom. The molecule has 0 aliphatic carbocycles. The number of pyridine rings is 1. The third-order valence-corrected chi connectivity index (χ3v) is 3.62. The molecule has 1 amide bonds. The average Bonchev–Trinajstić information content (AvgIpc) is 2.55. The van der Waals surface area contributed by atoms with Crippen LogP contribution in [0, 0.1) is 0 Å². The van der Waals surface area contributed by atoms with Crippen LogP contribution in [0.1, 0.15) is 10.5 Å². The molecule has 0 atom stereocenters. The standard InChI is InChI=1S/C18H13Cl2N3O/c19-12-8-13(20)10-16(9-12)22-15-6-7-17(21-11-15)18(24)23-14-4-2-1-3-5-14/h1-11,22H,(H,23,24). The molecule has 120 valence electrons. The molecule has 0 unspecified atom stereocenters. The van der Waals surface area contributed by atoms with Gasteiger partial charge in [-0.25, -0.2) is 4.98 Å². The number of carbonyl (C=O) groups is 1. The summed E-state index contributed by atoms with van der Waals surface area (Å²) < 4.78 is 0. The van der Waals surface area contributed by atoms with Gasteiger partial charge in [0.05, 0.1) is 11.9 Å². The molecule has 0 bridgehead atoms. The van der Waals surface area contributed by atoms with Gasteiger partial charge in [-0.2, -0.15) is 0 Å². The zero-order chi connectivity index (χ0) is 16.9. The van der Waals surface area contributed by atoms with Crippen LogP contribution < -0.4 is 10.6 Å². The van der Waals surface area contributed by atoms with E-state index in [2.05, 4.69) is 15.6 Å². The lowest BCUT2D eigenvalue weighted by Gasteiger charge is -2.08. The normalized spacial score (nSPS) is 10.2. The molecule has 1 aromatic heterocycles. The lowest BCUT2D eigenvalue weighted by atomic mass is 10.2. The van der Waals surface area contributed by atoms with Crippen LogP contribution >= 0.6 is 23.2 Å². The van der Waals surface area contributed by atoms with Crippen molar-refractivity contribution in [1.82, 2.24) is 4.98 Å². The molecule has 4 nitrogen and oxygen atoms in total. The Morgan fingerprint density at radius 1 is 0.833 bits per heavy atom. The Balaban J connectivity index is 1.70. The molecular formula is C18H13Cl2N3O. The number of halogens is 2. The van der Waals surface area contributed by atoms with Crippen LogP contribution in [-0.2, 0) is 0 Å². The second kappa shape index (κ2) is 7.34. The van der Waals surface area contributed by atoms with E-state index >= 15 is 0 Å². The fraction of sp³-hybridized carbons (Fsp3) is 0. The van der Waals surface area contributed by atoms with E-state index in [1.165, 1.54) is 0 Å². The maximum absolute atomic E-state index is 12.1. The topological polar surface area (TPSA) is 54.0 Å². The molecule has 3 aromatic rings. The Bertz CT molecular complexity index is 832. The van der Waals surface area contributed by atoms with E-state index in [-0.39, 0.29) is 5.91 Å². The van der Waals surface area contributed by atoms with Gasteiger partial charge in [0, 0.05) is 21.4 Å². The quantitative estimate of drug-likeness (QED) is 0.658. The largest absolute Gasteiger partial charge is 0.354 e. The van der Waals surface area contributed by atoms with Crippen molar-refractivity contribution in [2.75, 3.05) is 10.6 Å². The number of hydrogen-bond donors (Lipinski definition) is 2. The molecule has 0 aliphatic rings. The number of aromatic nitrogens is 1. The number of nitrogens with zero attached hydrogens (tertiary/aromatic N) is 1. The Morgan fingerprint density at radius 3 is 2.17 bits per heavy atom. The number of carbonyl (C=O) groups excluding carboxylic acids is 1. The number of benzene rings is 2. The van der Waals surface area contributed by atoms with Gasteiger partial charge in [-0.15, -0.1) is 0 Å². The number of rotatable bonds is 4. The molecule has 0 aliphatic heterocycles. The molecular weight excluding hydrogens is 345 g/mol. The summed E-state index contributed by atoms with van der Waals surface area (Å²) >= 11 is 11.9. The fourth-order valence-corrected chi connectivity index (χ4v) is 2.64. The van der Waals surface area contributed by atoms with E-state index in [1.807, 2.05) is 30.3 Å². The summed E-state index contributed by atoms with van der Waals surface area (Å²) in [5.74, 6) is -0.265. The molecule has 2 aromatic carbocycles. The van der Waals surface area contributed by atoms with Crippen LogP contribution in [0.4, 0.5) is 17.1 Å². The first-order chi connectivity index (χ1) is 11.6. The van der Waals surface area contributed by atoms with E-state index in [4.69, 9.17) is 23.2 Å². The van der Waals surface area contributed by atoms with Crippen LogP contribution in [0.3, 0.4) is 0 Å². The molecule has 0 spiro atoms. The highest BCUT2D eigenvalue weighted by Gasteiger charge is 2.07. The summed E-state index contributed by atoms with van der Waals surface area (Å²) in [5.41, 5.74) is 2.52. The van der Waals surface area contributed by atoms with Gasteiger partial charge in [-0.1, -0.05) is 41.4 Å². The SMILES string of the molecule is O=C(Nc1ccccc1)c1ccc(Nc2cc(Cl)cc(Cl)c2)cn1. The zero-order valence-electron chi connectivity index (χ0n) is 12.5. The Hall–Kier alpha value is -2.56. The van der Waals surface area contributed by atoms with Crippen molar-refractivity contribution in [2.24, 2.45) is 0 Å². The first-order valence-electron chi connectivity index (χ1n) is 7.16. The van der Waals surface area contributed by atoms with E-state index in [9.17, 15) is 4.79 Å². The Labute approximate surface area is 149 Å². The number of nitrogens with one attached hydrogen (secondary N) is 2. The zero-order valence-corrected chi connectivity index (χ0v) is 14.0. The maximum Gasteiger partial charge on any atom is 0.274 e. The van der Waals surface area contributed by atoms with Gasteiger partial charge in [0.1, 0.15) is 5.69 Å². The van der Waals surface area contributed by atoms with Crippen LogP contribution in [0.5, 0.6) is 0 Å². The van der Waals surface area contributed by atoms with Crippen molar-refractivity contribution in [3.8, 4) is 0 Å². The van der Waals surface area contributed by atoms with Crippen molar-refractivity contribution in [3.05, 3.63) is 82.6 Å². The number of anilines is 3. The van der Waals surface area contributed by atoms with Gasteiger partial charge >= 0.3 is 0 Å². The van der Waals surface area contributed by atoms with Gasteiger partial charge in [0.25, 0.3) is 5.91 Å². The minimum absolute atomic E-state index is 0.265. The van der Waals surface area contributed by atoms with Gasteiger partial charge in [0.2, 0.25) is 0 Å². The van der Waals surface area contributed by atoms with Crippen LogP contribution in [0.25, 0.3) is 0 Å². The highest BCUT2D eigenvalue weighted by atomic mass is 35.5. The van der Waals surface area contributed by atoms with Crippen molar-refractivity contribution in [2.45, 2.75) is 0 Å². The van der Waals surface area contributed by atoms with Crippen LogP contribution in [0.2, 0.25) is 10.0 Å². The predicted molar refractivity (Wildman–Crippen MR) is 98.4 cm³/mol. The molecule has 6 heteroatoms. The lowest BCUT2D eigenvalue weighted by molar-refractivity contribution is 0.102. The number of para-hydroxylation sites is 1. The minimum atomic E-state index is -0.265. The van der Waals surface area contributed by atoms with Crippen LogP contribution in [0.15, 0.2) is 66.9 Å². The molecule has 24 heavy (non-hydrogen) atoms. The molecule has 0 fully saturated rings. The van der Waals surface area contributed by atoms with Crippen molar-refractivity contribution in [3.63, 3.8) is 0 Å². The average molecular weight is 358 g/mol. The van der Waals surface area contributed by atoms with Crippen LogP contribution in [-0.4, -0.2) is 10.9 Å². The van der Waals surface area contributed by atoms with Crippen molar-refractivity contribution < 1.29 is 4.79 Å². The first-order valence-corrected chi connectivity index (χ1v) is 7.91. The van der Waals surface area contributed by atoms with Crippen molar-refractivity contribution in [1.29, 1.82) is 0 Å². The minimum Gasteiger partial charge on any atom is -0.354 e. The van der Waals surface area contributed by atoms with Gasteiger partial charge in [0.15, 0.2) is 0 Å². The van der Waals surface area contributed by atoms with E-state index in [0.29, 0.717) is 15.7 Å². The molecule has 3 rings (SSSR count). The van der Waals surface area contributed by atoms with Gasteiger partial charge in [-0.05, 0) is 42.5 Å². The third-order valence-electron chi connectivity index (χ3n) is 3.18. The fourth-order valence-electron chi connectivity index (χ4n) is 2.11. The smallest absolute Gasteiger partial charge is 0.274 e. The summed E-state index contributed by atoms with van der Waals surface area (Å²) in [7, 11) is 0. The highest BCUT2D eigenvalue weighted by Crippen LogP contribution is 2.25. The lowest BCUT2D eigenvalue weighted by Crippen LogP contribution is -2.13. The van der Waals surface area contributed by atoms with E-state index in [1.54, 1.807) is 36.5 Å². The summed E-state index contributed by atoms with van der Waals surface area (Å²) in [6, 6.07) is 17.8. The second-order valence-corrected chi connectivity index (χ2v) is 5.91. The Kier molecular flexibility index (Phi) is 4.99. The summed E-state index contributed by atoms with van der Waals surface area (Å²) in [6.07, 6.45) is 1.58. The molecule has 1 heterocycles. The maximum atomic E-state index is 12.1. The van der Waals surface area contributed by atoms with E-state index < -0.39 is 0 Å². The molecule has 0 radical (unpaired) electrons. The summed E-state index contributed by atoms with van der Waals surface area (Å²) in [4.78, 5) is 16.3. The predicted octanol–water partition coefficient (Wildman–Crippen LogP) is 5.38. The second-order valence-electron chi connectivity index (χ2n) is 5.04. The highest BCUT2D eigenvalue weighted by molar-refractivity contribution is 6.35. The monoisotopic (exact) mass is 357 g/mol. The van der Waals surface area contributed by atoms with Gasteiger partial charge < -0.3 is 10.6 Å². The summed E-state index contributed by atoms with van der Waals surface area (Å²) in [6.45, 7) is 0. The van der Waals surface area contributed by atoms with Gasteiger partial charge in [-0.3, -0.25) is 4.79 Å². The molecule has 0 saturated heterocycles. The third kappa shape index (κ3) is 4.25. The number of hydrogen-bond acceptors (Lipinski definition) is 3. The summed E-state index contributed by atoms with van der Waals surface area (Å²) in [5, 5.41) is 7.00. The van der Waals surface area contributed by atoms with E-state index in [0.717, 1.165) is 17.1 Å². The first kappa shape index (κ1) is 16.3. The van der Waals surface area contributed by atoms with Crippen molar-refractivity contribution >= 4 is 46.2 Å².